The van der Waals surface area contributed by atoms with E-state index < -0.39 is 0 Å². The summed E-state index contributed by atoms with van der Waals surface area (Å²) in [5.74, 6) is 1.81. The van der Waals surface area contributed by atoms with Crippen LogP contribution in [0.5, 0.6) is 0 Å². The second-order valence-electron chi connectivity index (χ2n) is 13.3. The Morgan fingerprint density at radius 3 is 1.51 bits per heavy atom. The lowest BCUT2D eigenvalue weighted by Gasteiger charge is -2.12. The predicted octanol–water partition coefficient (Wildman–Crippen LogP) is 12.9. The Bertz CT molecular complexity index is 2910. The van der Waals surface area contributed by atoms with E-state index in [4.69, 9.17) is 19.4 Å². The van der Waals surface area contributed by atoms with Gasteiger partial charge in [-0.05, 0) is 68.4 Å². The Labute approximate surface area is 306 Å². The minimum absolute atomic E-state index is 0.590. The van der Waals surface area contributed by atoms with Crippen molar-refractivity contribution in [2.75, 3.05) is 0 Å². The molecule has 10 aromatic rings. The molecule has 0 aliphatic rings. The van der Waals surface area contributed by atoms with Crippen molar-refractivity contribution in [3.8, 4) is 67.5 Å². The molecule has 0 spiro atoms. The summed E-state index contributed by atoms with van der Waals surface area (Å²) in [6, 6.07) is 65.2. The molecule has 0 aliphatic carbocycles. The van der Waals surface area contributed by atoms with Crippen LogP contribution in [0.3, 0.4) is 0 Å². The molecule has 2 aromatic heterocycles. The van der Waals surface area contributed by atoms with Gasteiger partial charge in [-0.25, -0.2) is 15.0 Å². The van der Waals surface area contributed by atoms with Crippen molar-refractivity contribution in [3.63, 3.8) is 0 Å². The van der Waals surface area contributed by atoms with Gasteiger partial charge < -0.3 is 4.42 Å². The summed E-state index contributed by atoms with van der Waals surface area (Å²) < 4.78 is 6.51. The van der Waals surface area contributed by atoms with Gasteiger partial charge in [0.25, 0.3) is 0 Å². The molecule has 0 atom stereocenters. The van der Waals surface area contributed by atoms with Crippen LogP contribution in [0.1, 0.15) is 0 Å². The van der Waals surface area contributed by atoms with Gasteiger partial charge in [0.15, 0.2) is 17.5 Å². The van der Waals surface area contributed by atoms with E-state index in [0.717, 1.165) is 55.3 Å². The zero-order valence-corrected chi connectivity index (χ0v) is 28.6. The van der Waals surface area contributed by atoms with E-state index in [9.17, 15) is 0 Å². The predicted molar refractivity (Wildman–Crippen MR) is 217 cm³/mol. The summed E-state index contributed by atoms with van der Waals surface area (Å²) in [5.41, 5.74) is 11.1. The third-order valence-electron chi connectivity index (χ3n) is 9.94. The van der Waals surface area contributed by atoms with Gasteiger partial charge in [0, 0.05) is 27.5 Å². The number of nitrogens with zero attached hydrogens (tertiary/aromatic N) is 3. The number of benzene rings is 8. The maximum absolute atomic E-state index is 6.51. The van der Waals surface area contributed by atoms with Gasteiger partial charge in [-0.1, -0.05) is 164 Å². The van der Waals surface area contributed by atoms with Gasteiger partial charge in [-0.2, -0.15) is 0 Å². The van der Waals surface area contributed by atoms with Crippen LogP contribution in [0.25, 0.3) is 100 Å². The minimum atomic E-state index is 0.590. The molecule has 2 heterocycles. The number of rotatable bonds is 6. The minimum Gasteiger partial charge on any atom is -0.456 e. The maximum Gasteiger partial charge on any atom is 0.164 e. The molecule has 248 valence electrons. The van der Waals surface area contributed by atoms with Crippen molar-refractivity contribution in [1.29, 1.82) is 0 Å². The second kappa shape index (κ2) is 12.9. The summed E-state index contributed by atoms with van der Waals surface area (Å²) in [5, 5.41) is 4.45. The molecule has 0 saturated heterocycles. The molecule has 0 radical (unpaired) electrons. The van der Waals surface area contributed by atoms with Crippen LogP contribution >= 0.6 is 0 Å². The van der Waals surface area contributed by atoms with Crippen LogP contribution in [0, 0.1) is 0 Å². The van der Waals surface area contributed by atoms with Crippen LogP contribution in [0.15, 0.2) is 192 Å². The van der Waals surface area contributed by atoms with Crippen molar-refractivity contribution in [1.82, 2.24) is 15.0 Å². The van der Waals surface area contributed by atoms with Gasteiger partial charge in [-0.15, -0.1) is 0 Å². The summed E-state index contributed by atoms with van der Waals surface area (Å²) in [6.45, 7) is 0. The van der Waals surface area contributed by atoms with Crippen LogP contribution in [-0.4, -0.2) is 15.0 Å². The lowest BCUT2D eigenvalue weighted by molar-refractivity contribution is 0.669. The summed E-state index contributed by atoms with van der Waals surface area (Å²) in [7, 11) is 0. The number of fused-ring (bicyclic) bond motifs is 4. The number of aromatic nitrogens is 3. The molecule has 4 heteroatoms. The molecule has 0 fully saturated rings. The first-order chi connectivity index (χ1) is 26.2. The van der Waals surface area contributed by atoms with Crippen molar-refractivity contribution in [2.45, 2.75) is 0 Å². The first-order valence-corrected chi connectivity index (χ1v) is 17.8. The monoisotopic (exact) mass is 677 g/mol. The van der Waals surface area contributed by atoms with Gasteiger partial charge in [0.05, 0.1) is 0 Å². The van der Waals surface area contributed by atoms with Crippen molar-refractivity contribution < 1.29 is 4.42 Å². The van der Waals surface area contributed by atoms with Crippen molar-refractivity contribution in [3.05, 3.63) is 188 Å². The van der Waals surface area contributed by atoms with E-state index in [-0.39, 0.29) is 0 Å². The van der Waals surface area contributed by atoms with Crippen LogP contribution < -0.4 is 0 Å². The van der Waals surface area contributed by atoms with Crippen LogP contribution in [-0.2, 0) is 0 Å². The molecule has 0 saturated carbocycles. The van der Waals surface area contributed by atoms with Crippen molar-refractivity contribution in [2.24, 2.45) is 0 Å². The van der Waals surface area contributed by atoms with Crippen molar-refractivity contribution >= 4 is 32.7 Å². The summed E-state index contributed by atoms with van der Waals surface area (Å²) >= 11 is 0. The highest BCUT2D eigenvalue weighted by Crippen LogP contribution is 2.40. The zero-order valence-electron chi connectivity index (χ0n) is 28.6. The average Bonchev–Trinajstić information content (AvgIpc) is 3.62. The molecule has 4 nitrogen and oxygen atoms in total. The maximum atomic E-state index is 6.51. The average molecular weight is 678 g/mol. The second-order valence-corrected chi connectivity index (χ2v) is 13.3. The molecule has 10 rings (SSSR count). The Kier molecular flexibility index (Phi) is 7.43. The smallest absolute Gasteiger partial charge is 0.164 e. The normalized spacial score (nSPS) is 11.4. The quantitative estimate of drug-likeness (QED) is 0.176. The largest absolute Gasteiger partial charge is 0.456 e. The zero-order chi connectivity index (χ0) is 35.1. The van der Waals surface area contributed by atoms with Gasteiger partial charge in [0.2, 0.25) is 0 Å². The fourth-order valence-electron chi connectivity index (χ4n) is 7.21. The van der Waals surface area contributed by atoms with Crippen LogP contribution in [0.2, 0.25) is 0 Å². The number of furan rings is 1. The Morgan fingerprint density at radius 2 is 0.792 bits per heavy atom. The highest BCUT2D eigenvalue weighted by Gasteiger charge is 2.20. The third-order valence-corrected chi connectivity index (χ3v) is 9.94. The topological polar surface area (TPSA) is 51.8 Å². The van der Waals surface area contributed by atoms with Gasteiger partial charge in [0.1, 0.15) is 11.2 Å². The molecule has 0 N–H and O–H groups in total. The molecular weight excluding hydrogens is 647 g/mol. The molecule has 53 heavy (non-hydrogen) atoms. The highest BCUT2D eigenvalue weighted by atomic mass is 16.3. The van der Waals surface area contributed by atoms with E-state index in [1.54, 1.807) is 0 Å². The lowest BCUT2D eigenvalue weighted by atomic mass is 9.96. The lowest BCUT2D eigenvalue weighted by Crippen LogP contribution is -2.00. The van der Waals surface area contributed by atoms with E-state index >= 15 is 0 Å². The Hall–Kier alpha value is -7.17. The fraction of sp³-hybridized carbons (Fsp3) is 0. The molecule has 0 amide bonds. The number of hydrogen-bond acceptors (Lipinski definition) is 4. The van der Waals surface area contributed by atoms with E-state index in [1.807, 2.05) is 54.6 Å². The SMILES string of the molecule is c1ccc(-c2ccc(-c3cc(-c4nc(-c5ccccc5)nc(-c5ccc(-c6ccc7ccccc7c6)cc5)n4)c4c(c3)oc3ccccc34)cc2)cc1. The first kappa shape index (κ1) is 30.6. The number of hydrogen-bond donors (Lipinski definition) is 0. The molecule has 8 aromatic carbocycles. The Balaban J connectivity index is 1.13. The van der Waals surface area contributed by atoms with Crippen LogP contribution in [0.4, 0.5) is 0 Å². The van der Waals surface area contributed by atoms with E-state index in [0.29, 0.717) is 17.5 Å². The van der Waals surface area contributed by atoms with E-state index in [1.165, 1.54) is 27.5 Å². The first-order valence-electron chi connectivity index (χ1n) is 17.8. The van der Waals surface area contributed by atoms with Gasteiger partial charge in [-0.3, -0.25) is 0 Å². The highest BCUT2D eigenvalue weighted by molar-refractivity contribution is 6.13. The molecule has 0 bridgehead atoms. The molecular formula is C49H31N3O. The fourth-order valence-corrected chi connectivity index (χ4v) is 7.21. The third kappa shape index (κ3) is 5.73. The van der Waals surface area contributed by atoms with E-state index in [2.05, 4.69) is 133 Å². The molecule has 0 unspecified atom stereocenters. The summed E-state index contributed by atoms with van der Waals surface area (Å²) in [4.78, 5) is 15.4. The number of para-hydroxylation sites is 1. The summed E-state index contributed by atoms with van der Waals surface area (Å²) in [6.07, 6.45) is 0. The molecule has 0 aliphatic heterocycles. The van der Waals surface area contributed by atoms with Gasteiger partial charge >= 0.3 is 0 Å². The Morgan fingerprint density at radius 1 is 0.302 bits per heavy atom. The standard InChI is InChI=1S/C49H31N3O/c1-3-11-32(12-4-1)34-19-21-36(22-20-34)41-30-43(46-42-17-9-10-18-44(42)53-45(46)31-41)49-51-47(37-14-5-2-6-15-37)50-48(52-49)38-26-23-35(24-27-38)40-28-25-33-13-7-8-16-39(33)29-40/h1-31H.